The minimum Gasteiger partial charge on any atom is -0.496 e. The van der Waals surface area contributed by atoms with Crippen molar-refractivity contribution >= 4 is 28.3 Å². The summed E-state index contributed by atoms with van der Waals surface area (Å²) in [5.74, 6) is 0.485. The van der Waals surface area contributed by atoms with Gasteiger partial charge < -0.3 is 10.1 Å². The molecule has 1 unspecified atom stereocenters. The first-order chi connectivity index (χ1) is 10.6. The SMILES string of the molecule is COc1cc(Cl)ccc1C(=O)NCCS(=O)c1ccccc1. The van der Waals surface area contributed by atoms with Gasteiger partial charge in [0.25, 0.3) is 5.91 Å². The van der Waals surface area contributed by atoms with E-state index in [4.69, 9.17) is 16.3 Å². The third kappa shape index (κ3) is 4.32. The van der Waals surface area contributed by atoms with Crippen LogP contribution in [0.1, 0.15) is 10.4 Å². The van der Waals surface area contributed by atoms with Crippen LogP contribution in [0.2, 0.25) is 5.02 Å². The van der Waals surface area contributed by atoms with Gasteiger partial charge in [-0.25, -0.2) is 0 Å². The summed E-state index contributed by atoms with van der Waals surface area (Å²) in [6.07, 6.45) is 0. The van der Waals surface area contributed by atoms with E-state index in [-0.39, 0.29) is 5.91 Å². The monoisotopic (exact) mass is 337 g/mol. The highest BCUT2D eigenvalue weighted by atomic mass is 35.5. The molecule has 0 radical (unpaired) electrons. The van der Waals surface area contributed by atoms with Crippen LogP contribution >= 0.6 is 11.6 Å². The molecule has 0 aromatic heterocycles. The summed E-state index contributed by atoms with van der Waals surface area (Å²) in [6, 6.07) is 14.0. The van der Waals surface area contributed by atoms with Crippen LogP contribution in [0.3, 0.4) is 0 Å². The second-order valence-corrected chi connectivity index (χ2v) is 6.47. The molecule has 0 bridgehead atoms. The molecule has 116 valence electrons. The molecule has 2 rings (SSSR count). The number of methoxy groups -OCH3 is 1. The van der Waals surface area contributed by atoms with E-state index >= 15 is 0 Å². The molecule has 0 saturated carbocycles. The molecule has 6 heteroatoms. The van der Waals surface area contributed by atoms with E-state index in [1.54, 1.807) is 30.3 Å². The second kappa shape index (κ2) is 7.96. The smallest absolute Gasteiger partial charge is 0.255 e. The maximum atomic E-state index is 12.1. The van der Waals surface area contributed by atoms with Crippen LogP contribution in [0.5, 0.6) is 5.75 Å². The summed E-state index contributed by atoms with van der Waals surface area (Å²) >= 11 is 5.86. The molecular formula is C16H16ClNO3S. The van der Waals surface area contributed by atoms with Gasteiger partial charge in [0.1, 0.15) is 5.75 Å². The molecule has 2 aromatic carbocycles. The van der Waals surface area contributed by atoms with Crippen molar-refractivity contribution in [3.8, 4) is 5.75 Å². The van der Waals surface area contributed by atoms with Crippen molar-refractivity contribution < 1.29 is 13.7 Å². The zero-order chi connectivity index (χ0) is 15.9. The number of carbonyl (C=O) groups is 1. The highest BCUT2D eigenvalue weighted by Gasteiger charge is 2.12. The van der Waals surface area contributed by atoms with Crippen LogP contribution < -0.4 is 10.1 Å². The van der Waals surface area contributed by atoms with E-state index in [2.05, 4.69) is 5.32 Å². The van der Waals surface area contributed by atoms with Gasteiger partial charge in [0, 0.05) is 22.2 Å². The molecule has 0 aliphatic heterocycles. The summed E-state index contributed by atoms with van der Waals surface area (Å²) < 4.78 is 17.2. The fourth-order valence-corrected chi connectivity index (χ4v) is 3.04. The number of amides is 1. The lowest BCUT2D eigenvalue weighted by Crippen LogP contribution is -2.28. The minimum absolute atomic E-state index is 0.279. The fraction of sp³-hybridized carbons (Fsp3) is 0.188. The first-order valence-electron chi connectivity index (χ1n) is 6.67. The Morgan fingerprint density at radius 1 is 1.23 bits per heavy atom. The molecule has 0 aliphatic carbocycles. The molecule has 1 atom stereocenters. The molecule has 4 nitrogen and oxygen atoms in total. The minimum atomic E-state index is -1.13. The molecule has 0 saturated heterocycles. The third-order valence-corrected chi connectivity index (χ3v) is 4.60. The Kier molecular flexibility index (Phi) is 5.98. The molecular weight excluding hydrogens is 322 g/mol. The first kappa shape index (κ1) is 16.5. The molecule has 0 fully saturated rings. The summed E-state index contributed by atoms with van der Waals surface area (Å²) in [5.41, 5.74) is 0.400. The van der Waals surface area contributed by atoms with Gasteiger partial charge in [0.15, 0.2) is 0 Å². The fourth-order valence-electron chi connectivity index (χ4n) is 1.90. The lowest BCUT2D eigenvalue weighted by atomic mass is 10.2. The van der Waals surface area contributed by atoms with Gasteiger partial charge in [-0.15, -0.1) is 0 Å². The number of carbonyl (C=O) groups excluding carboxylic acids is 1. The van der Waals surface area contributed by atoms with Gasteiger partial charge in [-0.05, 0) is 30.3 Å². The number of halogens is 1. The third-order valence-electron chi connectivity index (χ3n) is 2.99. The van der Waals surface area contributed by atoms with E-state index < -0.39 is 10.8 Å². The van der Waals surface area contributed by atoms with Crippen molar-refractivity contribution in [2.24, 2.45) is 0 Å². The van der Waals surface area contributed by atoms with E-state index in [9.17, 15) is 9.00 Å². The Bertz CT molecular complexity index is 676. The maximum absolute atomic E-state index is 12.1. The topological polar surface area (TPSA) is 55.4 Å². The second-order valence-electron chi connectivity index (χ2n) is 4.46. The predicted octanol–water partition coefficient (Wildman–Crippen LogP) is 2.89. The number of hydrogen-bond acceptors (Lipinski definition) is 3. The maximum Gasteiger partial charge on any atom is 0.255 e. The number of benzene rings is 2. The van der Waals surface area contributed by atoms with Crippen molar-refractivity contribution in [2.45, 2.75) is 4.90 Å². The molecule has 1 amide bonds. The molecule has 0 heterocycles. The molecule has 2 aromatic rings. The van der Waals surface area contributed by atoms with Gasteiger partial charge in [-0.2, -0.15) is 0 Å². The van der Waals surface area contributed by atoms with Gasteiger partial charge in [0.2, 0.25) is 0 Å². The summed E-state index contributed by atoms with van der Waals surface area (Å²) in [5, 5.41) is 3.24. The zero-order valence-corrected chi connectivity index (χ0v) is 13.6. The summed E-state index contributed by atoms with van der Waals surface area (Å²) in [4.78, 5) is 12.9. The normalized spacial score (nSPS) is 11.7. The zero-order valence-electron chi connectivity index (χ0n) is 12.0. The Morgan fingerprint density at radius 2 is 1.95 bits per heavy atom. The van der Waals surface area contributed by atoms with E-state index in [1.165, 1.54) is 7.11 Å². The van der Waals surface area contributed by atoms with Crippen molar-refractivity contribution in [1.82, 2.24) is 5.32 Å². The van der Waals surface area contributed by atoms with Crippen molar-refractivity contribution in [1.29, 1.82) is 0 Å². The van der Waals surface area contributed by atoms with Crippen molar-refractivity contribution in [3.05, 3.63) is 59.1 Å². The van der Waals surface area contributed by atoms with Gasteiger partial charge >= 0.3 is 0 Å². The Hall–Kier alpha value is -1.85. The van der Waals surface area contributed by atoms with Crippen LogP contribution in [0.25, 0.3) is 0 Å². The van der Waals surface area contributed by atoms with Crippen molar-refractivity contribution in [3.63, 3.8) is 0 Å². The largest absolute Gasteiger partial charge is 0.496 e. The standard InChI is InChI=1S/C16H16ClNO3S/c1-21-15-11-12(17)7-8-14(15)16(19)18-9-10-22(20)13-5-3-2-4-6-13/h2-8,11H,9-10H2,1H3,(H,18,19). The molecule has 22 heavy (non-hydrogen) atoms. The van der Waals surface area contributed by atoms with Gasteiger partial charge in [0.05, 0.1) is 23.5 Å². The van der Waals surface area contributed by atoms with Crippen LogP contribution in [0.15, 0.2) is 53.4 Å². The van der Waals surface area contributed by atoms with Crippen molar-refractivity contribution in [2.75, 3.05) is 19.4 Å². The number of ether oxygens (including phenoxy) is 1. The quantitative estimate of drug-likeness (QED) is 0.881. The molecule has 0 aliphatic rings. The Morgan fingerprint density at radius 3 is 2.64 bits per heavy atom. The highest BCUT2D eigenvalue weighted by molar-refractivity contribution is 7.85. The van der Waals surface area contributed by atoms with Gasteiger partial charge in [-0.3, -0.25) is 9.00 Å². The van der Waals surface area contributed by atoms with Crippen LogP contribution in [0.4, 0.5) is 0 Å². The number of hydrogen-bond donors (Lipinski definition) is 1. The molecule has 0 spiro atoms. The van der Waals surface area contributed by atoms with Crippen LogP contribution in [-0.4, -0.2) is 29.5 Å². The Labute approximate surface area is 136 Å². The average molecular weight is 338 g/mol. The number of rotatable bonds is 6. The van der Waals surface area contributed by atoms with Crippen LogP contribution in [0, 0.1) is 0 Å². The van der Waals surface area contributed by atoms with E-state index in [0.717, 1.165) is 4.90 Å². The van der Waals surface area contributed by atoms with E-state index in [0.29, 0.717) is 28.6 Å². The highest BCUT2D eigenvalue weighted by Crippen LogP contribution is 2.22. The lowest BCUT2D eigenvalue weighted by molar-refractivity contribution is 0.0953. The summed E-state index contributed by atoms with van der Waals surface area (Å²) in [7, 11) is 0.345. The Balaban J connectivity index is 1.92. The molecule has 1 N–H and O–H groups in total. The lowest BCUT2D eigenvalue weighted by Gasteiger charge is -2.09. The summed E-state index contributed by atoms with van der Waals surface area (Å²) in [6.45, 7) is 0.312. The van der Waals surface area contributed by atoms with Gasteiger partial charge in [-0.1, -0.05) is 29.8 Å². The first-order valence-corrected chi connectivity index (χ1v) is 8.36. The predicted molar refractivity (Wildman–Crippen MR) is 88.1 cm³/mol. The number of nitrogens with one attached hydrogen (secondary N) is 1. The van der Waals surface area contributed by atoms with Crippen LogP contribution in [-0.2, 0) is 10.8 Å². The average Bonchev–Trinajstić information content (AvgIpc) is 2.55. The van der Waals surface area contributed by atoms with E-state index in [1.807, 2.05) is 18.2 Å².